The Bertz CT molecular complexity index is 1920. The minimum Gasteiger partial charge on any atom is -0.462 e. The third-order valence-electron chi connectivity index (χ3n) is 19.0. The number of esters is 4. The van der Waals surface area contributed by atoms with Crippen LogP contribution in [0.3, 0.4) is 0 Å². The Morgan fingerprint density at radius 3 is 0.680 bits per heavy atom. The molecule has 0 heterocycles. The molecular weight excluding hydrogens is 1310 g/mol. The lowest BCUT2D eigenvalue weighted by Gasteiger charge is -2.21. The molecule has 0 aliphatic heterocycles. The molecule has 0 aromatic rings. The fourth-order valence-electron chi connectivity index (χ4n) is 12.5. The van der Waals surface area contributed by atoms with E-state index >= 15 is 0 Å². The molecule has 0 radical (unpaired) electrons. The SMILES string of the molecule is CCCCCCCCCCCCCCCCCCCCCCC(=O)O[C@H](COC(=O)CCCCCCCCCCCCCCCCCC(C)C)COP(=O)(O)OC[C@@H](O)COP(=O)(O)OC[C@@H](COC(=O)CCCCCCCCCCC)OC(=O)CCCCCCCCCCCCC(C)C. The van der Waals surface area contributed by atoms with Gasteiger partial charge in [-0.25, -0.2) is 9.13 Å². The van der Waals surface area contributed by atoms with E-state index in [4.69, 9.17) is 37.0 Å². The van der Waals surface area contributed by atoms with Gasteiger partial charge < -0.3 is 33.8 Å². The van der Waals surface area contributed by atoms with Gasteiger partial charge in [0.15, 0.2) is 12.2 Å². The highest BCUT2D eigenvalue weighted by atomic mass is 31.2. The molecule has 0 aromatic heterocycles. The predicted molar refractivity (Wildman–Crippen MR) is 409 cm³/mol. The van der Waals surface area contributed by atoms with Gasteiger partial charge in [0.2, 0.25) is 0 Å². The van der Waals surface area contributed by atoms with Crippen molar-refractivity contribution >= 4 is 39.5 Å². The van der Waals surface area contributed by atoms with Crippen molar-refractivity contribution in [3.05, 3.63) is 0 Å². The summed E-state index contributed by atoms with van der Waals surface area (Å²) in [4.78, 5) is 73.0. The minimum absolute atomic E-state index is 0.106. The predicted octanol–water partition coefficient (Wildman–Crippen LogP) is 24.3. The van der Waals surface area contributed by atoms with Gasteiger partial charge in [0, 0.05) is 25.7 Å². The molecule has 0 saturated heterocycles. The zero-order valence-corrected chi connectivity index (χ0v) is 67.3. The average Bonchev–Trinajstić information content (AvgIpc) is 0.988. The Morgan fingerprint density at radius 1 is 0.270 bits per heavy atom. The van der Waals surface area contributed by atoms with Gasteiger partial charge >= 0.3 is 39.5 Å². The van der Waals surface area contributed by atoms with Crippen LogP contribution in [0.2, 0.25) is 0 Å². The molecule has 3 N–H and O–H groups in total. The van der Waals surface area contributed by atoms with Gasteiger partial charge in [0.05, 0.1) is 26.4 Å². The largest absolute Gasteiger partial charge is 0.472 e. The zero-order chi connectivity index (χ0) is 73.5. The smallest absolute Gasteiger partial charge is 0.462 e. The van der Waals surface area contributed by atoms with Crippen LogP contribution in [0.25, 0.3) is 0 Å². The molecule has 17 nitrogen and oxygen atoms in total. The van der Waals surface area contributed by atoms with Crippen LogP contribution in [0.5, 0.6) is 0 Å². The number of hydrogen-bond donors (Lipinski definition) is 3. The van der Waals surface area contributed by atoms with E-state index < -0.39 is 97.5 Å². The van der Waals surface area contributed by atoms with Crippen LogP contribution in [-0.4, -0.2) is 96.7 Å². The van der Waals surface area contributed by atoms with Crippen LogP contribution in [-0.2, 0) is 65.4 Å². The lowest BCUT2D eigenvalue weighted by Crippen LogP contribution is -2.30. The molecule has 0 fully saturated rings. The van der Waals surface area contributed by atoms with Crippen LogP contribution in [0.15, 0.2) is 0 Å². The van der Waals surface area contributed by atoms with Crippen LogP contribution in [0, 0.1) is 11.8 Å². The monoisotopic (exact) mass is 1470 g/mol. The van der Waals surface area contributed by atoms with Gasteiger partial charge in [-0.15, -0.1) is 0 Å². The first kappa shape index (κ1) is 98.1. The van der Waals surface area contributed by atoms with Gasteiger partial charge in [-0.3, -0.25) is 37.3 Å². The Balaban J connectivity index is 5.21. The summed E-state index contributed by atoms with van der Waals surface area (Å²) in [5.41, 5.74) is 0. The maximum Gasteiger partial charge on any atom is 0.472 e. The first-order valence-electron chi connectivity index (χ1n) is 42.0. The maximum atomic E-state index is 13.1. The fraction of sp³-hybridized carbons (Fsp3) is 0.951. The average molecular weight is 1470 g/mol. The van der Waals surface area contributed by atoms with Gasteiger partial charge in [-0.2, -0.15) is 0 Å². The van der Waals surface area contributed by atoms with Gasteiger partial charge in [0.25, 0.3) is 0 Å². The number of ether oxygens (including phenoxy) is 4. The third kappa shape index (κ3) is 74.3. The van der Waals surface area contributed by atoms with Crippen molar-refractivity contribution in [1.82, 2.24) is 0 Å². The second kappa shape index (κ2) is 72.6. The van der Waals surface area contributed by atoms with Crippen molar-refractivity contribution in [3.8, 4) is 0 Å². The van der Waals surface area contributed by atoms with E-state index in [-0.39, 0.29) is 25.7 Å². The molecule has 0 spiro atoms. The molecule has 0 bridgehead atoms. The number of phosphoric acid groups is 2. The summed E-state index contributed by atoms with van der Waals surface area (Å²) in [5.74, 6) is -0.552. The number of carbonyl (C=O) groups excluding carboxylic acids is 4. The second-order valence-corrected chi connectivity index (χ2v) is 33.0. The number of unbranched alkanes of at least 4 members (excludes halogenated alkanes) is 50. The van der Waals surface area contributed by atoms with E-state index in [0.29, 0.717) is 25.7 Å². The van der Waals surface area contributed by atoms with Crippen molar-refractivity contribution in [2.24, 2.45) is 11.8 Å². The van der Waals surface area contributed by atoms with Crippen molar-refractivity contribution < 1.29 is 80.2 Å². The number of aliphatic hydroxyl groups excluding tert-OH is 1. The first-order chi connectivity index (χ1) is 48.4. The molecule has 19 heteroatoms. The van der Waals surface area contributed by atoms with Crippen molar-refractivity contribution in [2.75, 3.05) is 39.6 Å². The molecule has 0 saturated carbocycles. The number of hydrogen-bond acceptors (Lipinski definition) is 15. The van der Waals surface area contributed by atoms with E-state index in [0.717, 1.165) is 102 Å². The summed E-state index contributed by atoms with van der Waals surface area (Å²) < 4.78 is 68.7. The molecule has 0 rings (SSSR count). The summed E-state index contributed by atoms with van der Waals surface area (Å²) >= 11 is 0. The highest BCUT2D eigenvalue weighted by Gasteiger charge is 2.30. The molecule has 0 aromatic carbocycles. The van der Waals surface area contributed by atoms with E-state index in [1.54, 1.807) is 0 Å². The number of aliphatic hydroxyl groups is 1. The highest BCUT2D eigenvalue weighted by molar-refractivity contribution is 7.47. The van der Waals surface area contributed by atoms with E-state index in [1.165, 1.54) is 244 Å². The lowest BCUT2D eigenvalue weighted by atomic mass is 10.0. The topological polar surface area (TPSA) is 237 Å². The van der Waals surface area contributed by atoms with Crippen molar-refractivity contribution in [2.45, 2.75) is 445 Å². The summed E-state index contributed by atoms with van der Waals surface area (Å²) in [6.45, 7) is 9.63. The molecule has 100 heavy (non-hydrogen) atoms. The lowest BCUT2D eigenvalue weighted by molar-refractivity contribution is -0.161. The van der Waals surface area contributed by atoms with E-state index in [1.807, 2.05) is 0 Å². The Hall–Kier alpha value is -1.94. The van der Waals surface area contributed by atoms with Crippen LogP contribution in [0.1, 0.15) is 427 Å². The van der Waals surface area contributed by atoms with Gasteiger partial charge in [-0.05, 0) is 37.5 Å². The Morgan fingerprint density at radius 2 is 0.460 bits per heavy atom. The molecular formula is C81H158O17P2. The minimum atomic E-state index is -4.96. The standard InChI is InChI=1S/C81H158O17P2/c1-7-9-11-13-15-17-18-19-20-21-22-23-24-27-31-34-41-47-53-59-65-80(85)97-77(70-92-79(84)64-58-52-46-40-33-30-28-25-26-29-32-38-43-49-55-61-73(3)4)72-96-100(89,90)94-68-75(82)67-93-99(87,88)95-71-76(69-91-78(83)63-57-51-45-37-16-14-12-10-8-2)98-81(86)66-60-54-48-42-36-35-39-44-50-56-62-74(5)6/h73-77,82H,7-72H2,1-6H3,(H,87,88)(H,89,90)/t75-,76+,77+/m0/s1. The quantitative estimate of drug-likeness (QED) is 0.0222. The molecule has 2 unspecified atom stereocenters. The molecule has 594 valence electrons. The summed E-state index contributed by atoms with van der Waals surface area (Å²) in [5, 5.41) is 10.6. The number of carbonyl (C=O) groups is 4. The van der Waals surface area contributed by atoms with Crippen molar-refractivity contribution in [3.63, 3.8) is 0 Å². The number of phosphoric ester groups is 2. The van der Waals surface area contributed by atoms with E-state index in [2.05, 4.69) is 41.5 Å². The van der Waals surface area contributed by atoms with Crippen molar-refractivity contribution in [1.29, 1.82) is 0 Å². The maximum absolute atomic E-state index is 13.1. The fourth-order valence-corrected chi connectivity index (χ4v) is 14.1. The van der Waals surface area contributed by atoms with E-state index in [9.17, 15) is 43.2 Å². The molecule has 0 aliphatic rings. The highest BCUT2D eigenvalue weighted by Crippen LogP contribution is 2.45. The third-order valence-corrected chi connectivity index (χ3v) is 20.9. The summed E-state index contributed by atoms with van der Waals surface area (Å²) in [7, 11) is -9.92. The second-order valence-electron chi connectivity index (χ2n) is 30.1. The Labute approximate surface area is 613 Å². The zero-order valence-electron chi connectivity index (χ0n) is 65.5. The normalized spacial score (nSPS) is 13.9. The van der Waals surface area contributed by atoms with Gasteiger partial charge in [0.1, 0.15) is 19.3 Å². The van der Waals surface area contributed by atoms with Crippen LogP contribution in [0.4, 0.5) is 0 Å². The molecule has 5 atom stereocenters. The van der Waals surface area contributed by atoms with Crippen LogP contribution < -0.4 is 0 Å². The first-order valence-corrected chi connectivity index (χ1v) is 45.0. The van der Waals surface area contributed by atoms with Gasteiger partial charge in [-0.1, -0.05) is 375 Å². The van der Waals surface area contributed by atoms with Crippen LogP contribution >= 0.6 is 15.6 Å². The Kier molecular flexibility index (Phi) is 71.2. The summed E-state index contributed by atoms with van der Waals surface area (Å²) in [6, 6.07) is 0. The number of rotatable bonds is 80. The molecule has 0 amide bonds. The summed E-state index contributed by atoms with van der Waals surface area (Å²) in [6.07, 6.45) is 62.5. The molecule has 0 aliphatic carbocycles.